The largest absolute Gasteiger partial charge is 0.439 e. The number of amides is 1. The fourth-order valence-electron chi connectivity index (χ4n) is 3.66. The van der Waals surface area contributed by atoms with Crippen molar-refractivity contribution in [3.05, 3.63) is 22.5 Å². The molecule has 2 aromatic rings. The molecule has 0 unspecified atom stereocenters. The molecule has 2 aliphatic heterocycles. The molecule has 2 aliphatic rings. The lowest BCUT2D eigenvalue weighted by Crippen LogP contribution is -2.37. The van der Waals surface area contributed by atoms with Crippen LogP contribution < -0.4 is 0 Å². The highest BCUT2D eigenvalue weighted by Gasteiger charge is 2.48. The first-order valence-corrected chi connectivity index (χ1v) is 8.56. The van der Waals surface area contributed by atoms with Gasteiger partial charge in [0.2, 0.25) is 0 Å². The van der Waals surface area contributed by atoms with Gasteiger partial charge in [-0.15, -0.1) is 0 Å². The lowest BCUT2D eigenvalue weighted by molar-refractivity contribution is 0.0627. The highest BCUT2D eigenvalue weighted by atomic mass is 35.5. The predicted molar refractivity (Wildman–Crippen MR) is 90.2 cm³/mol. The van der Waals surface area contributed by atoms with E-state index in [4.69, 9.17) is 20.9 Å². The summed E-state index contributed by atoms with van der Waals surface area (Å²) in [6.45, 7) is 4.61. The average Bonchev–Trinajstić information content (AvgIpc) is 3.27. The zero-order valence-electron chi connectivity index (χ0n) is 14.5. The second-order valence-corrected chi connectivity index (χ2v) is 7.29. The monoisotopic (exact) mass is 365 g/mol. The van der Waals surface area contributed by atoms with Gasteiger partial charge in [0.05, 0.1) is 6.54 Å². The van der Waals surface area contributed by atoms with Gasteiger partial charge in [-0.2, -0.15) is 5.10 Å². The average molecular weight is 366 g/mol. The first kappa shape index (κ1) is 16.4. The Labute approximate surface area is 150 Å². The van der Waals surface area contributed by atoms with E-state index in [0.29, 0.717) is 30.5 Å². The van der Waals surface area contributed by atoms with Crippen LogP contribution in [-0.4, -0.2) is 63.1 Å². The van der Waals surface area contributed by atoms with Gasteiger partial charge in [-0.05, 0) is 6.92 Å². The Morgan fingerprint density at radius 1 is 1.36 bits per heavy atom. The zero-order valence-corrected chi connectivity index (χ0v) is 15.2. The van der Waals surface area contributed by atoms with E-state index >= 15 is 0 Å². The van der Waals surface area contributed by atoms with Crippen molar-refractivity contribution in [1.29, 1.82) is 0 Å². The fraction of sp³-hybridized carbons (Fsp3) is 0.562. The lowest BCUT2D eigenvalue weighted by Gasteiger charge is -2.21. The minimum absolute atomic E-state index is 0.250. The van der Waals surface area contributed by atoms with E-state index in [9.17, 15) is 4.79 Å². The molecule has 8 nitrogen and oxygen atoms in total. The number of nitrogens with zero attached hydrogens (tertiary/aromatic N) is 5. The van der Waals surface area contributed by atoms with E-state index in [1.54, 1.807) is 23.7 Å². The number of halogens is 1. The Morgan fingerprint density at radius 3 is 2.80 bits per heavy atom. The maximum atomic E-state index is 11.7. The summed E-state index contributed by atoms with van der Waals surface area (Å²) in [5, 5.41) is 9.13. The Kier molecular flexibility index (Phi) is 3.77. The van der Waals surface area contributed by atoms with E-state index in [1.165, 1.54) is 0 Å². The van der Waals surface area contributed by atoms with E-state index in [0.717, 1.165) is 30.0 Å². The van der Waals surface area contributed by atoms with Crippen LogP contribution in [0.25, 0.3) is 11.4 Å². The van der Waals surface area contributed by atoms with E-state index in [-0.39, 0.29) is 6.09 Å². The molecule has 2 aromatic heterocycles. The molecule has 1 spiro atoms. The Balaban J connectivity index is 1.57. The highest BCUT2D eigenvalue weighted by molar-refractivity contribution is 6.30. The molecule has 9 heteroatoms. The number of likely N-dealkylation sites (N-methyl/N-ethyl adjacent to an activating group) is 1. The minimum Gasteiger partial charge on any atom is -0.439 e. The quantitative estimate of drug-likeness (QED) is 0.828. The van der Waals surface area contributed by atoms with E-state index in [1.807, 2.05) is 13.0 Å². The summed E-state index contributed by atoms with van der Waals surface area (Å²) >= 11 is 6.47. The maximum Gasteiger partial charge on any atom is 0.410 e. The Bertz CT molecular complexity index is 832. The van der Waals surface area contributed by atoms with Gasteiger partial charge in [-0.1, -0.05) is 16.8 Å². The third kappa shape index (κ3) is 2.79. The van der Waals surface area contributed by atoms with Gasteiger partial charge in [0.15, 0.2) is 0 Å². The molecule has 0 N–H and O–H groups in total. The molecule has 1 amide bonds. The van der Waals surface area contributed by atoms with Gasteiger partial charge in [-0.3, -0.25) is 9.58 Å². The molecule has 4 rings (SSSR count). The first-order valence-electron chi connectivity index (χ1n) is 8.18. The molecule has 0 bridgehead atoms. The van der Waals surface area contributed by atoms with Gasteiger partial charge in [-0.25, -0.2) is 4.79 Å². The lowest BCUT2D eigenvalue weighted by atomic mass is 10.0. The van der Waals surface area contributed by atoms with Crippen molar-refractivity contribution >= 4 is 17.7 Å². The molecule has 134 valence electrons. The second-order valence-electron chi connectivity index (χ2n) is 6.93. The molecular weight excluding hydrogens is 346 g/mol. The van der Waals surface area contributed by atoms with Crippen molar-refractivity contribution in [2.45, 2.75) is 25.5 Å². The van der Waals surface area contributed by atoms with Gasteiger partial charge in [0.1, 0.15) is 27.9 Å². The molecular formula is C16H20ClN5O3. The smallest absolute Gasteiger partial charge is 0.410 e. The summed E-state index contributed by atoms with van der Waals surface area (Å²) in [6, 6.07) is 1.85. The molecule has 2 saturated heterocycles. The number of aromatic nitrogens is 3. The van der Waals surface area contributed by atoms with Crippen LogP contribution >= 0.6 is 11.6 Å². The number of hydrogen-bond donors (Lipinski definition) is 0. The summed E-state index contributed by atoms with van der Waals surface area (Å²) in [5.41, 5.74) is 1.90. The second kappa shape index (κ2) is 5.74. The van der Waals surface area contributed by atoms with Gasteiger partial charge >= 0.3 is 6.09 Å². The number of ether oxygens (including phenoxy) is 1. The number of carbonyl (C=O) groups is 1. The summed E-state index contributed by atoms with van der Waals surface area (Å²) in [5.74, 6) is 0.726. The number of rotatable bonds is 3. The van der Waals surface area contributed by atoms with E-state index < -0.39 is 5.60 Å². The molecule has 25 heavy (non-hydrogen) atoms. The van der Waals surface area contributed by atoms with Crippen LogP contribution in [0, 0.1) is 6.92 Å². The summed E-state index contributed by atoms with van der Waals surface area (Å²) in [7, 11) is 3.57. The van der Waals surface area contributed by atoms with Crippen LogP contribution in [0.1, 0.15) is 17.7 Å². The van der Waals surface area contributed by atoms with Crippen LogP contribution in [0.2, 0.25) is 5.15 Å². The standard InChI is InChI=1S/C16H20ClN5O3/c1-10-6-12(19-25-10)13-11(14(17)21(3)18-13)7-22-5-4-16(9-22)8-20(2)15(23)24-16/h6H,4-5,7-9H2,1-3H3/t16-/m1/s1. The van der Waals surface area contributed by atoms with Crippen molar-refractivity contribution in [3.63, 3.8) is 0 Å². The van der Waals surface area contributed by atoms with Crippen molar-refractivity contribution in [3.8, 4) is 11.4 Å². The minimum atomic E-state index is -0.412. The van der Waals surface area contributed by atoms with Gasteiger partial charge in [0.25, 0.3) is 0 Å². The molecule has 0 aliphatic carbocycles. The predicted octanol–water partition coefficient (Wildman–Crippen LogP) is 2.06. The number of likely N-dealkylation sites (tertiary alicyclic amines) is 1. The molecule has 4 heterocycles. The van der Waals surface area contributed by atoms with Gasteiger partial charge in [0, 0.05) is 51.8 Å². The number of aryl methyl sites for hydroxylation is 2. The molecule has 2 fully saturated rings. The third-order valence-corrected chi connectivity index (χ3v) is 5.33. The summed E-state index contributed by atoms with van der Waals surface area (Å²) in [6.07, 6.45) is 0.569. The van der Waals surface area contributed by atoms with Gasteiger partial charge < -0.3 is 14.2 Å². The van der Waals surface area contributed by atoms with Crippen LogP contribution in [0.4, 0.5) is 4.79 Å². The zero-order chi connectivity index (χ0) is 17.8. The number of carbonyl (C=O) groups excluding carboxylic acids is 1. The van der Waals surface area contributed by atoms with Crippen molar-refractivity contribution in [2.75, 3.05) is 26.7 Å². The molecule has 0 radical (unpaired) electrons. The topological polar surface area (TPSA) is 76.6 Å². The van der Waals surface area contributed by atoms with Crippen molar-refractivity contribution in [1.82, 2.24) is 24.7 Å². The third-order valence-electron chi connectivity index (χ3n) is 4.86. The van der Waals surface area contributed by atoms with E-state index in [2.05, 4.69) is 15.2 Å². The fourth-order valence-corrected chi connectivity index (χ4v) is 3.85. The molecule has 1 atom stereocenters. The molecule has 0 aromatic carbocycles. The van der Waals surface area contributed by atoms with Crippen LogP contribution in [0.15, 0.2) is 10.6 Å². The first-order chi connectivity index (χ1) is 11.9. The Morgan fingerprint density at radius 2 is 2.16 bits per heavy atom. The summed E-state index contributed by atoms with van der Waals surface area (Å²) < 4.78 is 12.4. The molecule has 0 saturated carbocycles. The normalized spacial score (nSPS) is 23.8. The van der Waals surface area contributed by atoms with Crippen LogP contribution in [-0.2, 0) is 18.3 Å². The summed E-state index contributed by atoms with van der Waals surface area (Å²) in [4.78, 5) is 15.6. The van der Waals surface area contributed by atoms with Crippen LogP contribution in [0.5, 0.6) is 0 Å². The number of hydrogen-bond acceptors (Lipinski definition) is 6. The van der Waals surface area contributed by atoms with Crippen molar-refractivity contribution in [2.24, 2.45) is 7.05 Å². The Hall–Kier alpha value is -2.06. The van der Waals surface area contributed by atoms with Crippen molar-refractivity contribution < 1.29 is 14.1 Å². The SMILES string of the molecule is Cc1cc(-c2nn(C)c(Cl)c2CN2CC[C@]3(C2)CN(C)C(=O)O3)no1. The highest BCUT2D eigenvalue weighted by Crippen LogP contribution is 2.35. The van der Waals surface area contributed by atoms with Crippen LogP contribution in [0.3, 0.4) is 0 Å². The maximum absolute atomic E-state index is 11.7.